The molecule has 45 heavy (non-hydrogen) atoms. The molecule has 0 aromatic heterocycles. The Morgan fingerprint density at radius 2 is 1.62 bits per heavy atom. The Hall–Kier alpha value is -4.41. The van der Waals surface area contributed by atoms with E-state index in [1.54, 1.807) is 34.0 Å². The van der Waals surface area contributed by atoms with Crippen LogP contribution < -0.4 is 10.2 Å². The molecule has 0 spiro atoms. The number of amides is 3. The molecule has 0 saturated carbocycles. The first kappa shape index (κ1) is 35.1. The van der Waals surface area contributed by atoms with Gasteiger partial charge in [-0.15, -0.1) is 0 Å². The summed E-state index contributed by atoms with van der Waals surface area (Å²) in [5.41, 5.74) is 4.31. The smallest absolute Gasteiger partial charge is 0.240 e. The number of anilines is 1. The van der Waals surface area contributed by atoms with E-state index in [-0.39, 0.29) is 30.8 Å². The zero-order chi connectivity index (χ0) is 32.9. The summed E-state index contributed by atoms with van der Waals surface area (Å²) in [6.07, 6.45) is 1.37. The van der Waals surface area contributed by atoms with Crippen molar-refractivity contribution in [1.82, 2.24) is 25.1 Å². The van der Waals surface area contributed by atoms with Gasteiger partial charge in [-0.1, -0.05) is 54.6 Å². The lowest BCUT2D eigenvalue weighted by Gasteiger charge is -2.49. The van der Waals surface area contributed by atoms with E-state index < -0.39 is 6.17 Å². The summed E-state index contributed by atoms with van der Waals surface area (Å²) < 4.78 is 0. The Kier molecular flexibility index (Phi) is 13.4. The number of phenols is 1. The van der Waals surface area contributed by atoms with Gasteiger partial charge in [0.15, 0.2) is 0 Å². The van der Waals surface area contributed by atoms with Gasteiger partial charge in [0.1, 0.15) is 11.9 Å². The number of nitrogens with zero attached hydrogens (tertiary/aromatic N) is 5. The van der Waals surface area contributed by atoms with Crippen molar-refractivity contribution in [3.05, 3.63) is 95.6 Å². The second-order valence-electron chi connectivity index (χ2n) is 11.7. The Labute approximate surface area is 267 Å². The van der Waals surface area contributed by atoms with Crippen LogP contribution in [0.3, 0.4) is 0 Å². The van der Waals surface area contributed by atoms with E-state index in [9.17, 15) is 19.5 Å². The predicted octanol–water partition coefficient (Wildman–Crippen LogP) is 3.71. The van der Waals surface area contributed by atoms with Crippen LogP contribution in [0.4, 0.5) is 5.69 Å². The zero-order valence-corrected chi connectivity index (χ0v) is 27.3. The van der Waals surface area contributed by atoms with Crippen LogP contribution in [-0.4, -0.2) is 96.1 Å². The van der Waals surface area contributed by atoms with Gasteiger partial charge in [-0.05, 0) is 75.2 Å². The van der Waals surface area contributed by atoms with E-state index in [0.717, 1.165) is 29.8 Å². The van der Waals surface area contributed by atoms with Crippen molar-refractivity contribution in [1.29, 1.82) is 0 Å². The van der Waals surface area contributed by atoms with E-state index in [2.05, 4.69) is 42.3 Å². The fourth-order valence-corrected chi connectivity index (χ4v) is 5.38. The van der Waals surface area contributed by atoms with Gasteiger partial charge in [-0.3, -0.25) is 19.4 Å². The molecule has 3 aromatic carbocycles. The van der Waals surface area contributed by atoms with Crippen molar-refractivity contribution in [2.75, 3.05) is 39.1 Å². The summed E-state index contributed by atoms with van der Waals surface area (Å²) in [5, 5.41) is 15.7. The van der Waals surface area contributed by atoms with Gasteiger partial charge in [0.2, 0.25) is 18.7 Å². The van der Waals surface area contributed by atoms with Crippen molar-refractivity contribution in [3.8, 4) is 5.75 Å². The SMILES string of the molecule is CC(C)N(C)c1cccc(CN(C=O)CC2N([C@H](C)Cc3ccc(O)cc3)C(=O)CN(C)N2C=O)c1.CNCc1ccccc1. The highest BCUT2D eigenvalue weighted by molar-refractivity contribution is 5.80. The van der Waals surface area contributed by atoms with E-state index >= 15 is 0 Å². The molecule has 1 unspecified atom stereocenters. The Balaban J connectivity index is 0.000000525. The molecule has 2 N–H and O–H groups in total. The van der Waals surface area contributed by atoms with Crippen LogP contribution in [0.25, 0.3) is 0 Å². The largest absolute Gasteiger partial charge is 0.508 e. The van der Waals surface area contributed by atoms with Gasteiger partial charge >= 0.3 is 0 Å². The molecule has 0 bridgehead atoms. The average molecular weight is 617 g/mol. The molecular weight excluding hydrogens is 568 g/mol. The topological polar surface area (TPSA) is 99.7 Å². The van der Waals surface area contributed by atoms with Gasteiger partial charge < -0.3 is 25.1 Å². The van der Waals surface area contributed by atoms with Crippen LogP contribution in [-0.2, 0) is 33.9 Å². The van der Waals surface area contributed by atoms with Crippen LogP contribution in [0, 0.1) is 0 Å². The van der Waals surface area contributed by atoms with Crippen molar-refractivity contribution >= 4 is 24.4 Å². The number of rotatable bonds is 13. The van der Waals surface area contributed by atoms with Crippen LogP contribution in [0.1, 0.15) is 37.5 Å². The molecule has 10 heteroatoms. The number of benzene rings is 3. The monoisotopic (exact) mass is 616 g/mol. The molecule has 4 rings (SSSR count). The third-order valence-corrected chi connectivity index (χ3v) is 7.97. The molecule has 2 atom stereocenters. The summed E-state index contributed by atoms with van der Waals surface area (Å²) in [7, 11) is 5.67. The quantitative estimate of drug-likeness (QED) is 0.283. The molecule has 0 aliphatic carbocycles. The minimum atomic E-state index is -0.646. The molecular formula is C35H48N6O4. The van der Waals surface area contributed by atoms with E-state index in [1.807, 2.05) is 69.6 Å². The average Bonchev–Trinajstić information content (AvgIpc) is 3.02. The van der Waals surface area contributed by atoms with Crippen molar-refractivity contribution in [3.63, 3.8) is 0 Å². The van der Waals surface area contributed by atoms with Crippen molar-refractivity contribution in [2.24, 2.45) is 0 Å². The molecule has 1 aliphatic rings. The molecule has 0 radical (unpaired) electrons. The third kappa shape index (κ3) is 10.1. The Morgan fingerprint density at radius 1 is 0.956 bits per heavy atom. The minimum absolute atomic E-state index is 0.0693. The molecule has 3 aromatic rings. The summed E-state index contributed by atoms with van der Waals surface area (Å²) in [4.78, 5) is 42.8. The number of hydrazine groups is 1. The minimum Gasteiger partial charge on any atom is -0.508 e. The maximum Gasteiger partial charge on any atom is 0.240 e. The van der Waals surface area contributed by atoms with E-state index in [4.69, 9.17) is 0 Å². The fraction of sp³-hybridized carbons (Fsp3) is 0.400. The van der Waals surface area contributed by atoms with Crippen LogP contribution in [0.15, 0.2) is 78.9 Å². The van der Waals surface area contributed by atoms with Gasteiger partial charge in [0, 0.05) is 45.0 Å². The van der Waals surface area contributed by atoms with Crippen molar-refractivity contribution in [2.45, 2.75) is 58.5 Å². The molecule has 1 fully saturated rings. The second-order valence-corrected chi connectivity index (χ2v) is 11.7. The first-order valence-corrected chi connectivity index (χ1v) is 15.3. The van der Waals surface area contributed by atoms with Gasteiger partial charge in [0.25, 0.3) is 0 Å². The summed E-state index contributed by atoms with van der Waals surface area (Å²) in [6.45, 7) is 7.71. The highest BCUT2D eigenvalue weighted by Crippen LogP contribution is 2.23. The highest BCUT2D eigenvalue weighted by Gasteiger charge is 2.40. The molecule has 10 nitrogen and oxygen atoms in total. The highest BCUT2D eigenvalue weighted by atomic mass is 16.3. The fourth-order valence-electron chi connectivity index (χ4n) is 5.38. The molecule has 1 heterocycles. The number of hydrogen-bond acceptors (Lipinski definition) is 7. The Bertz CT molecular complexity index is 1350. The summed E-state index contributed by atoms with van der Waals surface area (Å²) in [5.74, 6) is 0.0654. The molecule has 1 aliphatic heterocycles. The molecule has 242 valence electrons. The maximum absolute atomic E-state index is 13.2. The first-order chi connectivity index (χ1) is 21.6. The Morgan fingerprint density at radius 3 is 2.22 bits per heavy atom. The lowest BCUT2D eigenvalue weighted by Crippen LogP contribution is -2.68. The number of aromatic hydroxyl groups is 1. The van der Waals surface area contributed by atoms with Gasteiger partial charge in [-0.25, -0.2) is 5.01 Å². The number of nitrogens with one attached hydrogen (secondary N) is 1. The number of carbonyl (C=O) groups is 3. The van der Waals surface area contributed by atoms with Crippen LogP contribution in [0.2, 0.25) is 0 Å². The maximum atomic E-state index is 13.2. The standard InChI is InChI=1S/C27H37N5O4.C8H11N/c1-20(2)29(5)24-8-6-7-23(14-24)15-30(18-33)16-26-31(19-34)28(4)17-27(36)32(26)21(3)13-22-9-11-25(35)12-10-22;1-9-7-8-5-3-2-4-6-8/h6-12,14,18-21,26,35H,13,15-17H2,1-5H3;2-6,9H,7H2,1H3/t21-,26?;/m1./s1. The summed E-state index contributed by atoms with van der Waals surface area (Å²) in [6, 6.07) is 25.3. The zero-order valence-electron chi connectivity index (χ0n) is 27.3. The second kappa shape index (κ2) is 17.2. The third-order valence-electron chi connectivity index (χ3n) is 7.97. The van der Waals surface area contributed by atoms with E-state index in [1.165, 1.54) is 10.6 Å². The van der Waals surface area contributed by atoms with Crippen molar-refractivity contribution < 1.29 is 19.5 Å². The lowest BCUT2D eigenvalue weighted by molar-refractivity contribution is -0.183. The van der Waals surface area contributed by atoms with E-state index in [0.29, 0.717) is 25.4 Å². The van der Waals surface area contributed by atoms with Crippen LogP contribution >= 0.6 is 0 Å². The predicted molar refractivity (Wildman–Crippen MR) is 178 cm³/mol. The first-order valence-electron chi connectivity index (χ1n) is 15.3. The number of phenolic OH excluding ortho intramolecular Hbond substituents is 1. The molecule has 3 amide bonds. The normalized spacial score (nSPS) is 15.7. The molecule has 1 saturated heterocycles. The van der Waals surface area contributed by atoms with Crippen LogP contribution in [0.5, 0.6) is 5.75 Å². The van der Waals surface area contributed by atoms with Gasteiger partial charge in [0.05, 0.1) is 13.1 Å². The van der Waals surface area contributed by atoms with Gasteiger partial charge in [-0.2, -0.15) is 0 Å². The summed E-state index contributed by atoms with van der Waals surface area (Å²) >= 11 is 0. The number of likely N-dealkylation sites (N-methyl/N-ethyl adjacent to an activating group) is 1. The lowest BCUT2D eigenvalue weighted by atomic mass is 10.0. The number of carbonyl (C=O) groups excluding carboxylic acids is 3. The number of hydrogen-bond donors (Lipinski definition) is 2.